The van der Waals surface area contributed by atoms with Gasteiger partial charge in [-0.3, -0.25) is 0 Å². The highest BCUT2D eigenvalue weighted by atomic mass is 19.2. The Morgan fingerprint density at radius 2 is 1.61 bits per heavy atom. The molecule has 0 aliphatic rings. The molecule has 0 fully saturated rings. The standard InChI is InChI=1S/C11H13F3N2O2/c1-11(2,3)5-7(13)6(12)4(10(15)16-18)9(17)8(5)14/h17-18H,1-3H3,(H2,15,16). The predicted octanol–water partition coefficient (Wildman–Crippen LogP) is 2.20. The van der Waals surface area contributed by atoms with E-state index in [0.717, 1.165) is 0 Å². The molecule has 0 bridgehead atoms. The maximum atomic E-state index is 13.8. The number of nitrogens with zero attached hydrogens (tertiary/aromatic N) is 1. The lowest BCUT2D eigenvalue weighted by atomic mass is 9.85. The summed E-state index contributed by atoms with van der Waals surface area (Å²) in [6.45, 7) is 4.36. The number of phenols is 1. The van der Waals surface area contributed by atoms with Crippen LogP contribution in [0.3, 0.4) is 0 Å². The Morgan fingerprint density at radius 3 is 2.00 bits per heavy atom. The lowest BCUT2D eigenvalue weighted by Crippen LogP contribution is -2.22. The van der Waals surface area contributed by atoms with Crippen LogP contribution in [0.1, 0.15) is 31.9 Å². The van der Waals surface area contributed by atoms with Gasteiger partial charge < -0.3 is 16.0 Å². The molecule has 0 saturated carbocycles. The van der Waals surface area contributed by atoms with Crippen molar-refractivity contribution in [2.24, 2.45) is 10.9 Å². The molecule has 7 heteroatoms. The maximum Gasteiger partial charge on any atom is 0.177 e. The fourth-order valence-corrected chi connectivity index (χ4v) is 1.59. The van der Waals surface area contributed by atoms with Crippen LogP contribution in [-0.2, 0) is 5.41 Å². The molecule has 4 N–H and O–H groups in total. The van der Waals surface area contributed by atoms with Gasteiger partial charge in [-0.15, -0.1) is 0 Å². The van der Waals surface area contributed by atoms with E-state index in [2.05, 4.69) is 5.16 Å². The fourth-order valence-electron chi connectivity index (χ4n) is 1.59. The van der Waals surface area contributed by atoms with Crippen LogP contribution in [0.4, 0.5) is 13.2 Å². The Kier molecular flexibility index (Phi) is 3.45. The Morgan fingerprint density at radius 1 is 1.11 bits per heavy atom. The number of rotatable bonds is 1. The highest BCUT2D eigenvalue weighted by Gasteiger charge is 2.32. The molecule has 1 aromatic carbocycles. The average molecular weight is 262 g/mol. The van der Waals surface area contributed by atoms with Crippen molar-refractivity contribution < 1.29 is 23.5 Å². The molecule has 1 aromatic rings. The molecular weight excluding hydrogens is 249 g/mol. The van der Waals surface area contributed by atoms with Crippen molar-refractivity contribution in [1.82, 2.24) is 0 Å². The molecule has 4 nitrogen and oxygen atoms in total. The zero-order chi connectivity index (χ0) is 14.2. The number of hydrogen-bond acceptors (Lipinski definition) is 3. The first-order chi connectivity index (χ1) is 8.12. The summed E-state index contributed by atoms with van der Waals surface area (Å²) in [5, 5.41) is 20.3. The van der Waals surface area contributed by atoms with Crippen molar-refractivity contribution in [2.45, 2.75) is 26.2 Å². The third-order valence-corrected chi connectivity index (χ3v) is 2.41. The molecular formula is C11H13F3N2O2. The number of halogens is 3. The van der Waals surface area contributed by atoms with E-state index in [0.29, 0.717) is 0 Å². The molecule has 0 unspecified atom stereocenters. The molecule has 0 radical (unpaired) electrons. The minimum atomic E-state index is -1.56. The monoisotopic (exact) mass is 262 g/mol. The summed E-state index contributed by atoms with van der Waals surface area (Å²) in [5.41, 5.74) is 2.40. The van der Waals surface area contributed by atoms with Crippen LogP contribution >= 0.6 is 0 Å². The van der Waals surface area contributed by atoms with Crippen molar-refractivity contribution in [1.29, 1.82) is 0 Å². The highest BCUT2D eigenvalue weighted by molar-refractivity contribution is 6.00. The molecule has 0 aliphatic carbocycles. The molecule has 0 aliphatic heterocycles. The molecule has 100 valence electrons. The van der Waals surface area contributed by atoms with Gasteiger partial charge in [0.05, 0.1) is 0 Å². The molecule has 0 heterocycles. The summed E-state index contributed by atoms with van der Waals surface area (Å²) in [4.78, 5) is 0. The van der Waals surface area contributed by atoms with Crippen LogP contribution in [0.5, 0.6) is 5.75 Å². The molecule has 0 amide bonds. The van der Waals surface area contributed by atoms with E-state index in [4.69, 9.17) is 10.9 Å². The topological polar surface area (TPSA) is 78.8 Å². The van der Waals surface area contributed by atoms with Gasteiger partial charge in [0.25, 0.3) is 0 Å². The minimum Gasteiger partial charge on any atom is -0.504 e. The smallest absolute Gasteiger partial charge is 0.177 e. The zero-order valence-corrected chi connectivity index (χ0v) is 10.1. The van der Waals surface area contributed by atoms with Gasteiger partial charge in [0.1, 0.15) is 5.56 Å². The van der Waals surface area contributed by atoms with Crippen molar-refractivity contribution in [3.05, 3.63) is 28.6 Å². The molecule has 0 aromatic heterocycles. The molecule has 1 rings (SSSR count). The van der Waals surface area contributed by atoms with Crippen molar-refractivity contribution in [3.8, 4) is 5.75 Å². The summed E-state index contributed by atoms with van der Waals surface area (Å²) in [6, 6.07) is 0. The second kappa shape index (κ2) is 4.40. The van der Waals surface area contributed by atoms with Gasteiger partial charge in [0, 0.05) is 5.56 Å². The van der Waals surface area contributed by atoms with Gasteiger partial charge in [0.2, 0.25) is 0 Å². The van der Waals surface area contributed by atoms with Gasteiger partial charge >= 0.3 is 0 Å². The number of oxime groups is 1. The minimum absolute atomic E-state index is 0.605. The third kappa shape index (κ3) is 2.07. The predicted molar refractivity (Wildman–Crippen MR) is 59.2 cm³/mol. The van der Waals surface area contributed by atoms with Gasteiger partial charge in [-0.05, 0) is 5.41 Å². The van der Waals surface area contributed by atoms with Gasteiger partial charge in [0.15, 0.2) is 29.0 Å². The quantitative estimate of drug-likeness (QED) is 0.239. The fraction of sp³-hybridized carbons (Fsp3) is 0.364. The lowest BCUT2D eigenvalue weighted by molar-refractivity contribution is 0.317. The van der Waals surface area contributed by atoms with E-state index < -0.39 is 45.6 Å². The maximum absolute atomic E-state index is 13.8. The first kappa shape index (κ1) is 14.1. The van der Waals surface area contributed by atoms with E-state index in [1.54, 1.807) is 0 Å². The van der Waals surface area contributed by atoms with E-state index >= 15 is 0 Å². The van der Waals surface area contributed by atoms with Crippen LogP contribution in [0.25, 0.3) is 0 Å². The molecule has 0 spiro atoms. The normalized spacial score (nSPS) is 12.9. The third-order valence-electron chi connectivity index (χ3n) is 2.41. The van der Waals surface area contributed by atoms with E-state index in [-0.39, 0.29) is 0 Å². The summed E-state index contributed by atoms with van der Waals surface area (Å²) in [5.74, 6) is -6.46. The summed E-state index contributed by atoms with van der Waals surface area (Å²) < 4.78 is 41.3. The first-order valence-electron chi connectivity index (χ1n) is 5.00. The zero-order valence-electron chi connectivity index (χ0n) is 10.1. The second-order valence-corrected chi connectivity index (χ2v) is 4.78. The Hall–Kier alpha value is -1.92. The largest absolute Gasteiger partial charge is 0.504 e. The second-order valence-electron chi connectivity index (χ2n) is 4.78. The van der Waals surface area contributed by atoms with Crippen LogP contribution < -0.4 is 5.73 Å². The summed E-state index contributed by atoms with van der Waals surface area (Å²) in [7, 11) is 0. The Balaban J connectivity index is 3.78. The Bertz CT molecular complexity index is 493. The first-order valence-corrected chi connectivity index (χ1v) is 5.00. The number of hydrogen-bond donors (Lipinski definition) is 3. The van der Waals surface area contributed by atoms with Crippen LogP contribution in [-0.4, -0.2) is 16.1 Å². The van der Waals surface area contributed by atoms with Crippen LogP contribution in [0.15, 0.2) is 5.16 Å². The SMILES string of the molecule is CC(C)(C)c1c(F)c(O)c(/C(N)=N/O)c(F)c1F. The summed E-state index contributed by atoms with van der Waals surface area (Å²) >= 11 is 0. The summed E-state index contributed by atoms with van der Waals surface area (Å²) in [6.07, 6.45) is 0. The van der Waals surface area contributed by atoms with E-state index in [1.807, 2.05) is 0 Å². The van der Waals surface area contributed by atoms with Gasteiger partial charge in [-0.25, -0.2) is 13.2 Å². The van der Waals surface area contributed by atoms with Crippen molar-refractivity contribution in [3.63, 3.8) is 0 Å². The number of nitrogens with two attached hydrogens (primary N) is 1. The highest BCUT2D eigenvalue weighted by Crippen LogP contribution is 2.36. The molecule has 0 saturated heterocycles. The van der Waals surface area contributed by atoms with Crippen molar-refractivity contribution >= 4 is 5.84 Å². The lowest BCUT2D eigenvalue weighted by Gasteiger charge is -2.22. The van der Waals surface area contributed by atoms with Crippen molar-refractivity contribution in [2.75, 3.05) is 0 Å². The van der Waals surface area contributed by atoms with Gasteiger partial charge in [-0.1, -0.05) is 25.9 Å². The number of benzene rings is 1. The number of aromatic hydroxyl groups is 1. The van der Waals surface area contributed by atoms with E-state index in [1.165, 1.54) is 20.8 Å². The number of phenolic OH excluding ortho intramolecular Hbond substituents is 1. The van der Waals surface area contributed by atoms with Gasteiger partial charge in [-0.2, -0.15) is 0 Å². The van der Waals surface area contributed by atoms with Crippen LogP contribution in [0, 0.1) is 17.5 Å². The average Bonchev–Trinajstić information content (AvgIpc) is 2.24. The van der Waals surface area contributed by atoms with E-state index in [9.17, 15) is 18.3 Å². The Labute approximate surface area is 102 Å². The van der Waals surface area contributed by atoms with Crippen LogP contribution in [0.2, 0.25) is 0 Å². The molecule has 0 atom stereocenters. The number of amidine groups is 1. The molecule has 18 heavy (non-hydrogen) atoms.